The van der Waals surface area contributed by atoms with Gasteiger partial charge in [0.2, 0.25) is 0 Å². The first-order valence-electron chi connectivity index (χ1n) is 14.3. The van der Waals surface area contributed by atoms with Crippen molar-refractivity contribution in [2.45, 2.75) is 99.8 Å². The molecule has 0 saturated heterocycles. The van der Waals surface area contributed by atoms with Crippen LogP contribution in [0, 0.1) is 22.7 Å². The highest BCUT2D eigenvalue weighted by Gasteiger charge is 2.62. The Hall–Kier alpha value is -1.41. The van der Waals surface area contributed by atoms with E-state index < -0.39 is 18.1 Å². The van der Waals surface area contributed by atoms with Crippen LogP contribution in [-0.2, 0) is 0 Å². The summed E-state index contributed by atoms with van der Waals surface area (Å²) in [6, 6.07) is 8.87. The standard InChI is InChI=1S/C29H39F3N4S/c1-27(31,32)25-15-33-26(35(25)2)29-10-8-28(16-29,9-11-29)17-36(24-14-23(30)21-13-22(21)24)19-4-3-5-20(12-19)37-34-18-6-7-18/h3-5,12,18,21-25,34H,6-11,13-17H2,1-2H3. The second-order valence-electron chi connectivity index (χ2n) is 13.2. The second kappa shape index (κ2) is 8.54. The molecule has 4 nitrogen and oxygen atoms in total. The Balaban J connectivity index is 1.13. The molecule has 202 valence electrons. The van der Waals surface area contributed by atoms with Gasteiger partial charge in [-0.1, -0.05) is 6.07 Å². The van der Waals surface area contributed by atoms with Crippen LogP contribution in [0.2, 0.25) is 0 Å². The van der Waals surface area contributed by atoms with E-state index in [1.54, 1.807) is 16.8 Å². The van der Waals surface area contributed by atoms with Gasteiger partial charge in [0, 0.05) is 48.6 Å². The molecular weight excluding hydrogens is 493 g/mol. The number of benzene rings is 1. The first kappa shape index (κ1) is 24.6. The van der Waals surface area contributed by atoms with Crippen molar-refractivity contribution in [2.75, 3.05) is 25.0 Å². The fraction of sp³-hybridized carbons (Fsp3) is 0.759. The van der Waals surface area contributed by atoms with Crippen LogP contribution < -0.4 is 9.62 Å². The molecule has 0 radical (unpaired) electrons. The molecule has 1 aromatic carbocycles. The minimum Gasteiger partial charge on any atom is -0.368 e. The van der Waals surface area contributed by atoms with Crippen molar-refractivity contribution >= 4 is 23.5 Å². The smallest absolute Gasteiger partial charge is 0.267 e. The number of fused-ring (bicyclic) bond motifs is 3. The number of rotatable bonds is 9. The Bertz CT molecular complexity index is 1080. The summed E-state index contributed by atoms with van der Waals surface area (Å²) in [4.78, 5) is 10.3. The summed E-state index contributed by atoms with van der Waals surface area (Å²) in [6.07, 6.45) is 8.74. The number of aliphatic imine (C=N–C) groups is 1. The molecule has 2 bridgehead atoms. The molecule has 1 heterocycles. The van der Waals surface area contributed by atoms with Crippen LogP contribution in [0.25, 0.3) is 0 Å². The number of halogens is 3. The monoisotopic (exact) mass is 532 g/mol. The van der Waals surface area contributed by atoms with E-state index in [4.69, 9.17) is 4.99 Å². The van der Waals surface area contributed by atoms with E-state index >= 15 is 0 Å². The Morgan fingerprint density at radius 3 is 2.57 bits per heavy atom. The summed E-state index contributed by atoms with van der Waals surface area (Å²) in [5, 5.41) is 0. The molecule has 1 aromatic rings. The van der Waals surface area contributed by atoms with Crippen LogP contribution in [-0.4, -0.2) is 61.1 Å². The van der Waals surface area contributed by atoms with Crippen molar-refractivity contribution in [1.29, 1.82) is 0 Å². The van der Waals surface area contributed by atoms with Crippen LogP contribution in [0.1, 0.15) is 64.7 Å². The van der Waals surface area contributed by atoms with E-state index in [-0.39, 0.29) is 29.3 Å². The van der Waals surface area contributed by atoms with E-state index in [0.717, 1.165) is 57.8 Å². The lowest BCUT2D eigenvalue weighted by molar-refractivity contribution is -0.0346. The van der Waals surface area contributed by atoms with Gasteiger partial charge < -0.3 is 9.80 Å². The Morgan fingerprint density at radius 2 is 1.95 bits per heavy atom. The van der Waals surface area contributed by atoms with Crippen molar-refractivity contribution in [1.82, 2.24) is 9.62 Å². The summed E-state index contributed by atoms with van der Waals surface area (Å²) in [7, 11) is 1.82. The zero-order valence-electron chi connectivity index (χ0n) is 21.9. The minimum atomic E-state index is -2.76. The van der Waals surface area contributed by atoms with E-state index in [0.29, 0.717) is 18.4 Å². The number of anilines is 1. The molecule has 8 heteroatoms. The zero-order valence-corrected chi connectivity index (χ0v) is 22.8. The number of amidine groups is 1. The van der Waals surface area contributed by atoms with Gasteiger partial charge in [0.15, 0.2) is 0 Å². The molecule has 1 N–H and O–H groups in total. The van der Waals surface area contributed by atoms with Crippen molar-refractivity contribution < 1.29 is 13.2 Å². The average molecular weight is 533 g/mol. The van der Waals surface area contributed by atoms with Gasteiger partial charge in [0.1, 0.15) is 18.0 Å². The van der Waals surface area contributed by atoms with Crippen LogP contribution in [0.5, 0.6) is 0 Å². The molecule has 5 aliphatic carbocycles. The van der Waals surface area contributed by atoms with Gasteiger partial charge in [-0.3, -0.25) is 9.71 Å². The number of likely N-dealkylation sites (N-methyl/N-ethyl adjacent to an activating group) is 1. The lowest BCUT2D eigenvalue weighted by Gasteiger charge is -2.40. The number of alkyl halides is 3. The lowest BCUT2D eigenvalue weighted by Crippen LogP contribution is -2.48. The molecule has 5 saturated carbocycles. The predicted molar refractivity (Wildman–Crippen MR) is 143 cm³/mol. The Labute approximate surface area is 223 Å². The summed E-state index contributed by atoms with van der Waals surface area (Å²) in [5.41, 5.74) is 1.28. The molecule has 5 fully saturated rings. The third kappa shape index (κ3) is 4.29. The lowest BCUT2D eigenvalue weighted by atomic mass is 9.80. The second-order valence-corrected chi connectivity index (χ2v) is 14.1. The fourth-order valence-corrected chi connectivity index (χ4v) is 9.18. The van der Waals surface area contributed by atoms with Gasteiger partial charge in [0.25, 0.3) is 5.92 Å². The van der Waals surface area contributed by atoms with E-state index in [9.17, 15) is 13.2 Å². The Morgan fingerprint density at radius 1 is 1.16 bits per heavy atom. The highest BCUT2D eigenvalue weighted by molar-refractivity contribution is 7.97. The van der Waals surface area contributed by atoms with Crippen molar-refractivity contribution in [3.8, 4) is 0 Å². The van der Waals surface area contributed by atoms with Gasteiger partial charge in [0.05, 0.1) is 6.54 Å². The number of nitrogens with one attached hydrogen (secondary N) is 1. The molecule has 7 rings (SSSR count). The van der Waals surface area contributed by atoms with E-state index in [1.165, 1.54) is 23.4 Å². The van der Waals surface area contributed by atoms with Gasteiger partial charge in [-0.25, -0.2) is 13.2 Å². The van der Waals surface area contributed by atoms with Crippen LogP contribution in [0.4, 0.5) is 18.9 Å². The predicted octanol–water partition coefficient (Wildman–Crippen LogP) is 6.32. The number of hydrogen-bond donors (Lipinski definition) is 1. The van der Waals surface area contributed by atoms with Crippen molar-refractivity contribution in [3.63, 3.8) is 0 Å². The molecule has 5 unspecified atom stereocenters. The molecule has 0 amide bonds. The minimum absolute atomic E-state index is 0.0767. The van der Waals surface area contributed by atoms with Crippen LogP contribution >= 0.6 is 11.9 Å². The third-order valence-corrected chi connectivity index (χ3v) is 11.5. The summed E-state index contributed by atoms with van der Waals surface area (Å²) >= 11 is 1.72. The van der Waals surface area contributed by atoms with Crippen molar-refractivity contribution in [2.24, 2.45) is 27.7 Å². The van der Waals surface area contributed by atoms with Gasteiger partial charge >= 0.3 is 0 Å². The highest BCUT2D eigenvalue weighted by atomic mass is 32.2. The van der Waals surface area contributed by atoms with Crippen molar-refractivity contribution in [3.05, 3.63) is 24.3 Å². The Kier molecular flexibility index (Phi) is 5.68. The maximum atomic E-state index is 14.8. The van der Waals surface area contributed by atoms with Crippen LogP contribution in [0.3, 0.4) is 0 Å². The van der Waals surface area contributed by atoms with E-state index in [1.807, 2.05) is 7.05 Å². The van der Waals surface area contributed by atoms with E-state index in [2.05, 4.69) is 33.9 Å². The molecule has 0 aromatic heterocycles. The topological polar surface area (TPSA) is 30.9 Å². The maximum absolute atomic E-state index is 14.8. The summed E-state index contributed by atoms with van der Waals surface area (Å²) in [6.45, 7) is 2.15. The molecule has 5 atom stereocenters. The summed E-state index contributed by atoms with van der Waals surface area (Å²) in [5.74, 6) is -1.12. The van der Waals surface area contributed by atoms with Crippen LogP contribution in [0.15, 0.2) is 34.2 Å². The largest absolute Gasteiger partial charge is 0.368 e. The first-order chi connectivity index (χ1) is 17.7. The van der Waals surface area contributed by atoms with Gasteiger partial charge in [-0.05, 0) is 105 Å². The fourth-order valence-electron chi connectivity index (χ4n) is 8.32. The summed E-state index contributed by atoms with van der Waals surface area (Å²) < 4.78 is 46.8. The number of nitrogens with zero attached hydrogens (tertiary/aromatic N) is 3. The van der Waals surface area contributed by atoms with Gasteiger partial charge in [-0.2, -0.15) is 0 Å². The zero-order chi connectivity index (χ0) is 25.6. The third-order valence-electron chi connectivity index (χ3n) is 10.5. The molecule has 1 aliphatic heterocycles. The highest BCUT2D eigenvalue weighted by Crippen LogP contribution is 2.64. The number of hydrogen-bond acceptors (Lipinski definition) is 5. The normalized spacial score (nSPS) is 40.3. The molecular formula is C29H39F3N4S. The van der Waals surface area contributed by atoms with Gasteiger partial charge in [-0.15, -0.1) is 0 Å². The first-order valence-corrected chi connectivity index (χ1v) is 15.1. The molecule has 0 spiro atoms. The maximum Gasteiger partial charge on any atom is 0.267 e. The molecule has 6 aliphatic rings. The average Bonchev–Trinajstić information content (AvgIpc) is 3.72. The quantitative estimate of drug-likeness (QED) is 0.377. The SMILES string of the molecule is CN1C(C23CCC(CN(c4cccc(SNC5CC5)c4)C4CC(F)C5CC54)(CC2)C3)=NCC1C(C)(F)F. The molecule has 37 heavy (non-hydrogen) atoms.